The van der Waals surface area contributed by atoms with Gasteiger partial charge in [-0.25, -0.2) is 9.59 Å². The maximum Gasteiger partial charge on any atom is 0.338 e. The molecule has 0 radical (unpaired) electrons. The quantitative estimate of drug-likeness (QED) is 0.286. The molecule has 0 aliphatic rings. The van der Waals surface area contributed by atoms with Crippen LogP contribution in [0.4, 0.5) is 5.69 Å². The van der Waals surface area contributed by atoms with Crippen LogP contribution >= 0.6 is 0 Å². The maximum atomic E-state index is 13.3. The largest absolute Gasteiger partial charge is 0.462 e. The summed E-state index contributed by atoms with van der Waals surface area (Å²) >= 11 is 0. The minimum atomic E-state index is -0.591. The van der Waals surface area contributed by atoms with Crippen molar-refractivity contribution in [2.24, 2.45) is 0 Å². The zero-order valence-electron chi connectivity index (χ0n) is 21.1. The Kier molecular flexibility index (Phi) is 9.76. The minimum absolute atomic E-state index is 0.0583. The van der Waals surface area contributed by atoms with Gasteiger partial charge in [-0.15, -0.1) is 0 Å². The van der Waals surface area contributed by atoms with Crippen LogP contribution in [0, 0.1) is 0 Å². The first-order valence-electron chi connectivity index (χ1n) is 12.4. The number of nitrogens with one attached hydrogen (secondary N) is 2. The Morgan fingerprint density at radius 2 is 1.62 bits per heavy atom. The molecule has 10 nitrogen and oxygen atoms in total. The van der Waals surface area contributed by atoms with Gasteiger partial charge in [0.05, 0.1) is 23.1 Å². The lowest BCUT2D eigenvalue weighted by Gasteiger charge is -2.14. The van der Waals surface area contributed by atoms with Gasteiger partial charge in [0.15, 0.2) is 0 Å². The fraction of sp³-hybridized carbons (Fsp3) is 0.370. The molecule has 37 heavy (non-hydrogen) atoms. The number of amides is 2. The molecule has 0 aliphatic heterocycles. The smallest absolute Gasteiger partial charge is 0.338 e. The predicted octanol–water partition coefficient (Wildman–Crippen LogP) is 2.68. The first-order valence-corrected chi connectivity index (χ1v) is 12.4. The third-order valence-corrected chi connectivity index (χ3v) is 5.72. The minimum Gasteiger partial charge on any atom is -0.462 e. The number of carbonyl (C=O) groups is 3. The van der Waals surface area contributed by atoms with Crippen molar-refractivity contribution in [3.63, 3.8) is 0 Å². The second-order valence-corrected chi connectivity index (χ2v) is 8.50. The Hall–Kier alpha value is -4.21. The maximum absolute atomic E-state index is 13.3. The highest BCUT2D eigenvalue weighted by Gasteiger charge is 2.16. The second kappa shape index (κ2) is 13.2. The number of ether oxygens (including phenoxy) is 1. The summed E-state index contributed by atoms with van der Waals surface area (Å²) < 4.78 is 7.34. The highest BCUT2D eigenvalue weighted by atomic mass is 16.5. The van der Waals surface area contributed by atoms with E-state index in [1.165, 1.54) is 16.7 Å². The predicted molar refractivity (Wildman–Crippen MR) is 141 cm³/mol. The van der Waals surface area contributed by atoms with E-state index >= 15 is 0 Å². The van der Waals surface area contributed by atoms with Crippen LogP contribution < -0.4 is 21.9 Å². The number of aromatic nitrogens is 2. The molecule has 3 aromatic rings. The van der Waals surface area contributed by atoms with Gasteiger partial charge in [0.25, 0.3) is 5.56 Å². The molecule has 0 aliphatic carbocycles. The lowest BCUT2D eigenvalue weighted by Crippen LogP contribution is -2.41. The number of esters is 1. The number of unbranched alkanes of at least 4 members (excludes halogenated alkanes) is 1. The average molecular weight is 509 g/mol. The van der Waals surface area contributed by atoms with Gasteiger partial charge in [0.1, 0.15) is 6.54 Å². The molecular weight excluding hydrogens is 476 g/mol. The van der Waals surface area contributed by atoms with E-state index in [1.54, 1.807) is 43.3 Å². The number of hydrogen-bond donors (Lipinski definition) is 2. The number of rotatable bonds is 12. The Bertz CT molecular complexity index is 1370. The lowest BCUT2D eigenvalue weighted by atomic mass is 10.2. The van der Waals surface area contributed by atoms with E-state index in [2.05, 4.69) is 10.6 Å². The van der Waals surface area contributed by atoms with Crippen LogP contribution in [0.3, 0.4) is 0 Å². The summed E-state index contributed by atoms with van der Waals surface area (Å²) in [5, 5.41) is 5.84. The van der Waals surface area contributed by atoms with Crippen LogP contribution in [0.2, 0.25) is 0 Å². The molecule has 0 unspecified atom stereocenters. The van der Waals surface area contributed by atoms with E-state index in [4.69, 9.17) is 4.74 Å². The van der Waals surface area contributed by atoms with Crippen molar-refractivity contribution in [3.05, 3.63) is 74.9 Å². The van der Waals surface area contributed by atoms with Crippen molar-refractivity contribution >= 4 is 34.4 Å². The summed E-state index contributed by atoms with van der Waals surface area (Å²) in [6.07, 6.45) is 2.15. The van der Waals surface area contributed by atoms with Crippen molar-refractivity contribution in [1.82, 2.24) is 14.5 Å². The second-order valence-electron chi connectivity index (χ2n) is 8.50. The fourth-order valence-electron chi connectivity index (χ4n) is 3.88. The molecular formula is C27H32N4O6. The van der Waals surface area contributed by atoms with Gasteiger partial charge < -0.3 is 15.4 Å². The van der Waals surface area contributed by atoms with Crippen molar-refractivity contribution in [2.45, 2.75) is 52.6 Å². The zero-order chi connectivity index (χ0) is 26.8. The molecule has 0 spiro atoms. The van der Waals surface area contributed by atoms with Crippen LogP contribution in [0.15, 0.2) is 58.1 Å². The van der Waals surface area contributed by atoms with Gasteiger partial charge in [0.2, 0.25) is 11.8 Å². The molecule has 2 aromatic carbocycles. The van der Waals surface area contributed by atoms with Gasteiger partial charge in [-0.05, 0) is 62.6 Å². The number of carbonyl (C=O) groups excluding carboxylic acids is 3. The number of fused-ring (bicyclic) bond motifs is 1. The Morgan fingerprint density at radius 1 is 0.892 bits per heavy atom. The van der Waals surface area contributed by atoms with E-state index in [9.17, 15) is 24.0 Å². The monoisotopic (exact) mass is 508 g/mol. The van der Waals surface area contributed by atoms with E-state index in [1.807, 2.05) is 6.92 Å². The van der Waals surface area contributed by atoms with Crippen LogP contribution in [0.1, 0.15) is 49.9 Å². The molecule has 0 saturated carbocycles. The van der Waals surface area contributed by atoms with Crippen LogP contribution in [-0.4, -0.2) is 40.1 Å². The van der Waals surface area contributed by atoms with E-state index < -0.39 is 23.1 Å². The average Bonchev–Trinajstić information content (AvgIpc) is 2.90. The number of para-hydroxylation sites is 1. The first kappa shape index (κ1) is 27.4. The number of benzene rings is 2. The van der Waals surface area contributed by atoms with E-state index in [0.717, 1.165) is 11.0 Å². The van der Waals surface area contributed by atoms with Crippen LogP contribution in [-0.2, 0) is 27.4 Å². The molecule has 196 valence electrons. The zero-order valence-corrected chi connectivity index (χ0v) is 21.1. The highest BCUT2D eigenvalue weighted by Crippen LogP contribution is 2.12. The number of hydrogen-bond acceptors (Lipinski definition) is 6. The topological polar surface area (TPSA) is 128 Å². The normalized spacial score (nSPS) is 10.8. The van der Waals surface area contributed by atoms with Gasteiger partial charge in [-0.1, -0.05) is 19.1 Å². The summed E-state index contributed by atoms with van der Waals surface area (Å²) in [7, 11) is 0. The van der Waals surface area contributed by atoms with Crippen LogP contribution in [0.25, 0.3) is 10.9 Å². The lowest BCUT2D eigenvalue weighted by molar-refractivity contribution is -0.121. The summed E-state index contributed by atoms with van der Waals surface area (Å²) in [5.41, 5.74) is 0.150. The SMILES string of the molecule is CCCNC(=O)CCCCn1c(=O)c2ccccc2n(CC(=O)Nc2ccc(C(=O)OCC)cc2)c1=O. The van der Waals surface area contributed by atoms with Crippen LogP contribution in [0.5, 0.6) is 0 Å². The highest BCUT2D eigenvalue weighted by molar-refractivity contribution is 5.93. The Morgan fingerprint density at radius 3 is 2.32 bits per heavy atom. The molecule has 2 amide bonds. The molecule has 10 heteroatoms. The van der Waals surface area contributed by atoms with E-state index in [-0.39, 0.29) is 25.6 Å². The molecule has 1 aromatic heterocycles. The summed E-state index contributed by atoms with van der Waals surface area (Å²) in [4.78, 5) is 62.7. The molecule has 0 fully saturated rings. The van der Waals surface area contributed by atoms with Crippen molar-refractivity contribution < 1.29 is 19.1 Å². The number of nitrogens with zero attached hydrogens (tertiary/aromatic N) is 2. The van der Waals surface area contributed by atoms with Gasteiger partial charge in [0, 0.05) is 25.2 Å². The third-order valence-electron chi connectivity index (χ3n) is 5.72. The first-order chi connectivity index (χ1) is 17.8. The van der Waals surface area contributed by atoms with Gasteiger partial charge in [-0.2, -0.15) is 0 Å². The van der Waals surface area contributed by atoms with Gasteiger partial charge >= 0.3 is 11.7 Å². The van der Waals surface area contributed by atoms with Crippen molar-refractivity contribution in [1.29, 1.82) is 0 Å². The van der Waals surface area contributed by atoms with Crippen molar-refractivity contribution in [2.75, 3.05) is 18.5 Å². The van der Waals surface area contributed by atoms with Crippen molar-refractivity contribution in [3.8, 4) is 0 Å². The number of anilines is 1. The molecule has 2 N–H and O–H groups in total. The molecule has 0 bridgehead atoms. The molecule has 0 atom stereocenters. The molecule has 3 rings (SSSR count). The fourth-order valence-corrected chi connectivity index (χ4v) is 3.88. The molecule has 0 saturated heterocycles. The van der Waals surface area contributed by atoms with E-state index in [0.29, 0.717) is 48.0 Å². The molecule has 1 heterocycles. The van der Waals surface area contributed by atoms with Gasteiger partial charge in [-0.3, -0.25) is 23.5 Å². The standard InChI is InChI=1S/C27H32N4O6/c1-3-16-28-23(32)11-7-8-17-30-25(34)21-9-5-6-10-22(21)31(27(30)36)18-24(33)29-20-14-12-19(13-15-20)26(35)37-4-2/h5-6,9-10,12-15H,3-4,7-8,11,16-18H2,1-2H3,(H,28,32)(H,29,33). The Balaban J connectivity index is 1.76. The summed E-state index contributed by atoms with van der Waals surface area (Å²) in [5.74, 6) is -0.978. The third kappa shape index (κ3) is 7.16. The summed E-state index contributed by atoms with van der Waals surface area (Å²) in [6, 6.07) is 12.9. The Labute approximate surface area is 214 Å². The summed E-state index contributed by atoms with van der Waals surface area (Å²) in [6.45, 7) is 4.40.